The molecule has 2 unspecified atom stereocenters. The highest BCUT2D eigenvalue weighted by Gasteiger charge is 2.54. The van der Waals surface area contributed by atoms with Crippen LogP contribution < -0.4 is 9.47 Å². The summed E-state index contributed by atoms with van der Waals surface area (Å²) in [5.74, 6) is 0.818. The van der Waals surface area contributed by atoms with Crippen LogP contribution in [0.4, 0.5) is 5.69 Å². The lowest BCUT2D eigenvalue weighted by atomic mass is 9.60. The number of rotatable bonds is 6. The van der Waals surface area contributed by atoms with Crippen molar-refractivity contribution >= 4 is 5.69 Å². The van der Waals surface area contributed by atoms with Gasteiger partial charge in [0.05, 0.1) is 24.2 Å². The number of benzene rings is 1. The first-order valence-corrected chi connectivity index (χ1v) is 7.15. The molecule has 0 spiro atoms. The molecular formula is C15H21NO5. The number of nitro benzene ring substituents is 1. The molecule has 1 aliphatic carbocycles. The van der Waals surface area contributed by atoms with Crippen LogP contribution in [-0.2, 0) is 0 Å². The minimum atomic E-state index is -0.463. The second-order valence-electron chi connectivity index (χ2n) is 5.39. The van der Waals surface area contributed by atoms with Crippen LogP contribution in [0.3, 0.4) is 0 Å². The van der Waals surface area contributed by atoms with Crippen LogP contribution in [0.1, 0.15) is 33.1 Å². The SMILES string of the molecule is CCC1(CC)C(O)CC1Oc1cc([N+](=O)[O-])ccc1OC. The lowest BCUT2D eigenvalue weighted by Crippen LogP contribution is -2.59. The topological polar surface area (TPSA) is 81.8 Å². The van der Waals surface area contributed by atoms with E-state index in [2.05, 4.69) is 0 Å². The van der Waals surface area contributed by atoms with Gasteiger partial charge in [0.2, 0.25) is 0 Å². The van der Waals surface area contributed by atoms with Crippen molar-refractivity contribution < 1.29 is 19.5 Å². The molecule has 2 rings (SSSR count). The number of non-ortho nitro benzene ring substituents is 1. The number of aliphatic hydroxyl groups excluding tert-OH is 1. The molecule has 0 saturated heterocycles. The van der Waals surface area contributed by atoms with Gasteiger partial charge in [-0.25, -0.2) is 0 Å². The van der Waals surface area contributed by atoms with Gasteiger partial charge < -0.3 is 14.6 Å². The van der Waals surface area contributed by atoms with Gasteiger partial charge in [-0.1, -0.05) is 13.8 Å². The van der Waals surface area contributed by atoms with E-state index in [1.165, 1.54) is 25.3 Å². The minimum Gasteiger partial charge on any atom is -0.493 e. The zero-order valence-corrected chi connectivity index (χ0v) is 12.5. The molecule has 1 aromatic carbocycles. The number of nitrogens with zero attached hydrogens (tertiary/aromatic N) is 1. The Bertz CT molecular complexity index is 527. The molecule has 116 valence electrons. The van der Waals surface area contributed by atoms with Crippen LogP contribution in [0, 0.1) is 15.5 Å². The molecule has 6 heteroatoms. The first kappa shape index (κ1) is 15.6. The van der Waals surface area contributed by atoms with Gasteiger partial charge in [0.25, 0.3) is 5.69 Å². The fraction of sp³-hybridized carbons (Fsp3) is 0.600. The summed E-state index contributed by atoms with van der Waals surface area (Å²) in [4.78, 5) is 10.4. The predicted octanol–water partition coefficient (Wildman–Crippen LogP) is 2.92. The molecule has 0 amide bonds. The van der Waals surface area contributed by atoms with E-state index >= 15 is 0 Å². The summed E-state index contributed by atoms with van der Waals surface area (Å²) in [6.07, 6.45) is 1.59. The normalized spacial score (nSPS) is 23.2. The van der Waals surface area contributed by atoms with E-state index in [0.717, 1.165) is 12.8 Å². The highest BCUT2D eigenvalue weighted by atomic mass is 16.6. The van der Waals surface area contributed by atoms with Crippen LogP contribution in [0.5, 0.6) is 11.5 Å². The van der Waals surface area contributed by atoms with Crippen molar-refractivity contribution in [2.75, 3.05) is 7.11 Å². The van der Waals surface area contributed by atoms with E-state index in [9.17, 15) is 15.2 Å². The van der Waals surface area contributed by atoms with Crippen molar-refractivity contribution in [3.63, 3.8) is 0 Å². The Morgan fingerprint density at radius 2 is 2.05 bits per heavy atom. The Hall–Kier alpha value is -1.82. The summed E-state index contributed by atoms with van der Waals surface area (Å²) >= 11 is 0. The van der Waals surface area contributed by atoms with Crippen LogP contribution in [0.25, 0.3) is 0 Å². The Kier molecular flexibility index (Phi) is 4.37. The van der Waals surface area contributed by atoms with E-state index in [1.807, 2.05) is 13.8 Å². The lowest BCUT2D eigenvalue weighted by Gasteiger charge is -2.52. The summed E-state index contributed by atoms with van der Waals surface area (Å²) in [6.45, 7) is 4.04. The molecule has 2 atom stereocenters. The van der Waals surface area contributed by atoms with E-state index in [0.29, 0.717) is 17.9 Å². The molecule has 1 aromatic rings. The molecule has 1 saturated carbocycles. The van der Waals surface area contributed by atoms with Crippen LogP contribution in [0.2, 0.25) is 0 Å². The van der Waals surface area contributed by atoms with Crippen molar-refractivity contribution in [3.8, 4) is 11.5 Å². The van der Waals surface area contributed by atoms with E-state index < -0.39 is 4.92 Å². The van der Waals surface area contributed by atoms with Crippen LogP contribution in [0.15, 0.2) is 18.2 Å². The maximum Gasteiger partial charge on any atom is 0.273 e. The number of aliphatic hydroxyl groups is 1. The van der Waals surface area contributed by atoms with Crippen molar-refractivity contribution in [2.24, 2.45) is 5.41 Å². The summed E-state index contributed by atoms with van der Waals surface area (Å²) < 4.78 is 11.1. The molecule has 0 aliphatic heterocycles. The molecule has 0 bridgehead atoms. The second kappa shape index (κ2) is 5.89. The van der Waals surface area contributed by atoms with Gasteiger partial charge in [-0.3, -0.25) is 10.1 Å². The number of methoxy groups -OCH3 is 1. The third-order valence-corrected chi connectivity index (χ3v) is 4.69. The highest BCUT2D eigenvalue weighted by Crippen LogP contribution is 2.50. The Labute approximate surface area is 123 Å². The highest BCUT2D eigenvalue weighted by molar-refractivity contribution is 5.48. The number of hydrogen-bond donors (Lipinski definition) is 1. The number of nitro groups is 1. The third-order valence-electron chi connectivity index (χ3n) is 4.69. The molecule has 6 nitrogen and oxygen atoms in total. The third kappa shape index (κ3) is 2.55. The van der Waals surface area contributed by atoms with Crippen molar-refractivity contribution in [1.29, 1.82) is 0 Å². The Balaban J connectivity index is 2.26. The predicted molar refractivity (Wildman–Crippen MR) is 77.7 cm³/mol. The lowest BCUT2D eigenvalue weighted by molar-refractivity contribution is -0.385. The maximum absolute atomic E-state index is 10.9. The van der Waals surface area contributed by atoms with Crippen molar-refractivity contribution in [2.45, 2.75) is 45.3 Å². The molecule has 0 heterocycles. The Morgan fingerprint density at radius 1 is 1.38 bits per heavy atom. The zero-order valence-electron chi connectivity index (χ0n) is 12.5. The first-order chi connectivity index (χ1) is 9.98. The van der Waals surface area contributed by atoms with Crippen molar-refractivity contribution in [1.82, 2.24) is 0 Å². The van der Waals surface area contributed by atoms with Gasteiger partial charge in [-0.2, -0.15) is 0 Å². The van der Waals surface area contributed by atoms with E-state index in [1.54, 1.807) is 0 Å². The van der Waals surface area contributed by atoms with Crippen LogP contribution in [-0.4, -0.2) is 29.3 Å². The average Bonchev–Trinajstić information content (AvgIpc) is 2.48. The van der Waals surface area contributed by atoms with Gasteiger partial charge in [0.15, 0.2) is 11.5 Å². The van der Waals surface area contributed by atoms with Gasteiger partial charge in [0.1, 0.15) is 6.10 Å². The smallest absolute Gasteiger partial charge is 0.273 e. The van der Waals surface area contributed by atoms with Gasteiger partial charge in [-0.15, -0.1) is 0 Å². The molecule has 1 N–H and O–H groups in total. The molecule has 0 radical (unpaired) electrons. The Morgan fingerprint density at radius 3 is 2.52 bits per heavy atom. The first-order valence-electron chi connectivity index (χ1n) is 7.15. The number of ether oxygens (including phenoxy) is 2. The molecule has 21 heavy (non-hydrogen) atoms. The summed E-state index contributed by atoms with van der Waals surface area (Å²) in [6, 6.07) is 4.29. The summed E-state index contributed by atoms with van der Waals surface area (Å²) in [7, 11) is 1.50. The fourth-order valence-corrected chi connectivity index (χ4v) is 3.09. The molecule has 1 aliphatic rings. The molecule has 0 aromatic heterocycles. The van der Waals surface area contributed by atoms with E-state index in [-0.39, 0.29) is 23.3 Å². The molecule has 1 fully saturated rings. The quantitative estimate of drug-likeness (QED) is 0.644. The fourth-order valence-electron chi connectivity index (χ4n) is 3.09. The largest absolute Gasteiger partial charge is 0.493 e. The monoisotopic (exact) mass is 295 g/mol. The van der Waals surface area contributed by atoms with Crippen LogP contribution >= 0.6 is 0 Å². The summed E-state index contributed by atoms with van der Waals surface area (Å²) in [5, 5.41) is 20.9. The summed E-state index contributed by atoms with van der Waals surface area (Å²) in [5.41, 5.74) is -0.320. The standard InChI is InChI=1S/C15H21NO5/c1-4-15(5-2)13(17)9-14(15)21-12-8-10(16(18)19)6-7-11(12)20-3/h6-8,13-14,17H,4-5,9H2,1-3H3. The number of hydrogen-bond acceptors (Lipinski definition) is 5. The minimum absolute atomic E-state index is 0.0377. The van der Waals surface area contributed by atoms with Crippen molar-refractivity contribution in [3.05, 3.63) is 28.3 Å². The van der Waals surface area contributed by atoms with E-state index in [4.69, 9.17) is 9.47 Å². The zero-order chi connectivity index (χ0) is 15.6. The second-order valence-corrected chi connectivity index (χ2v) is 5.39. The molecular weight excluding hydrogens is 274 g/mol. The van der Waals surface area contributed by atoms with Gasteiger partial charge in [0, 0.05) is 17.9 Å². The van der Waals surface area contributed by atoms with Gasteiger partial charge >= 0.3 is 0 Å². The maximum atomic E-state index is 10.9. The average molecular weight is 295 g/mol. The van der Waals surface area contributed by atoms with Gasteiger partial charge in [-0.05, 0) is 18.9 Å².